The van der Waals surface area contributed by atoms with Crippen LogP contribution in [0.2, 0.25) is 5.02 Å². The summed E-state index contributed by atoms with van der Waals surface area (Å²) in [6.07, 6.45) is 4.17. The SMILES string of the molecule is CC1(C)CCN(c2ccc(Cl)cc2OC2(C(=O)NS(=O)(=O)c3cccc(N4CCN5C(=O)CCC5C4)n3)CC2)CC1. The van der Waals surface area contributed by atoms with Crippen molar-refractivity contribution in [2.24, 2.45) is 5.41 Å². The number of carbonyl (C=O) groups is 2. The molecule has 1 atom stereocenters. The number of aromatic nitrogens is 1. The number of sulfonamides is 1. The fourth-order valence-electron chi connectivity index (χ4n) is 5.95. The first kappa shape index (κ1) is 28.1. The molecule has 0 spiro atoms. The lowest BCUT2D eigenvalue weighted by atomic mass is 9.82. The Hall–Kier alpha value is -3.05. The van der Waals surface area contributed by atoms with Gasteiger partial charge in [0.2, 0.25) is 5.91 Å². The summed E-state index contributed by atoms with van der Waals surface area (Å²) >= 11 is 6.31. The normalized spacial score (nSPS) is 23.2. The molecule has 12 heteroatoms. The zero-order chi connectivity index (χ0) is 29.0. The molecule has 6 rings (SSSR count). The van der Waals surface area contributed by atoms with Crippen LogP contribution in [0.1, 0.15) is 52.4 Å². The van der Waals surface area contributed by atoms with E-state index in [-0.39, 0.29) is 22.4 Å². The highest BCUT2D eigenvalue weighted by Gasteiger charge is 2.54. The molecule has 3 saturated heterocycles. The Morgan fingerprint density at radius 2 is 1.80 bits per heavy atom. The maximum Gasteiger partial charge on any atom is 0.281 e. The van der Waals surface area contributed by atoms with E-state index in [2.05, 4.69) is 28.5 Å². The third-order valence-electron chi connectivity index (χ3n) is 8.83. The molecular formula is C29H36ClN5O5S. The summed E-state index contributed by atoms with van der Waals surface area (Å²) in [6.45, 7) is 7.98. The molecular weight excluding hydrogens is 566 g/mol. The van der Waals surface area contributed by atoms with E-state index in [0.29, 0.717) is 55.5 Å². The zero-order valence-electron chi connectivity index (χ0n) is 23.4. The number of anilines is 2. The first-order valence-electron chi connectivity index (χ1n) is 14.3. The Morgan fingerprint density at radius 1 is 1.05 bits per heavy atom. The second-order valence-corrected chi connectivity index (χ2v) is 14.4. The Morgan fingerprint density at radius 3 is 2.54 bits per heavy atom. The molecule has 10 nitrogen and oxygen atoms in total. The molecule has 3 aliphatic heterocycles. The Balaban J connectivity index is 1.16. The number of piperidine rings is 1. The van der Waals surface area contributed by atoms with E-state index < -0.39 is 21.5 Å². The second kappa shape index (κ2) is 10.3. The van der Waals surface area contributed by atoms with Gasteiger partial charge in [0.15, 0.2) is 10.6 Å². The summed E-state index contributed by atoms with van der Waals surface area (Å²) in [7, 11) is -4.25. The van der Waals surface area contributed by atoms with Crippen LogP contribution in [0.3, 0.4) is 0 Å². The van der Waals surface area contributed by atoms with Crippen LogP contribution >= 0.6 is 11.6 Å². The molecule has 2 amide bonds. The standard InChI is InChI=1S/C29H36ClN5O5S/c1-28(2)12-14-33(15-13-28)22-8-6-20(30)18-23(22)40-29(10-11-29)27(37)32-41(38,39)25-5-3-4-24(31-25)34-16-17-35-21(19-34)7-9-26(35)36/h3-6,8,18,21H,7,9-17,19H2,1-2H3,(H,32,37). The first-order chi connectivity index (χ1) is 19.4. The van der Waals surface area contributed by atoms with Crippen LogP contribution in [0.15, 0.2) is 41.4 Å². The maximum absolute atomic E-state index is 13.4. The molecule has 0 radical (unpaired) electrons. The van der Waals surface area contributed by atoms with Crippen molar-refractivity contribution < 1.29 is 22.7 Å². The van der Waals surface area contributed by atoms with Crippen LogP contribution in [-0.2, 0) is 19.6 Å². The van der Waals surface area contributed by atoms with Crippen LogP contribution < -0.4 is 19.3 Å². The maximum atomic E-state index is 13.4. The predicted molar refractivity (Wildman–Crippen MR) is 156 cm³/mol. The summed E-state index contributed by atoms with van der Waals surface area (Å²) in [5.41, 5.74) is -0.166. The van der Waals surface area contributed by atoms with Gasteiger partial charge in [-0.25, -0.2) is 9.71 Å². The number of benzene rings is 1. The largest absolute Gasteiger partial charge is 0.475 e. The lowest BCUT2D eigenvalue weighted by Crippen LogP contribution is -2.51. The number of ether oxygens (including phenoxy) is 1. The minimum absolute atomic E-state index is 0.109. The second-order valence-electron chi connectivity index (χ2n) is 12.4. The lowest BCUT2D eigenvalue weighted by Gasteiger charge is -2.39. The fourth-order valence-corrected chi connectivity index (χ4v) is 7.12. The Kier molecular flexibility index (Phi) is 7.09. The molecule has 41 heavy (non-hydrogen) atoms. The van der Waals surface area contributed by atoms with Gasteiger partial charge in [-0.05, 0) is 48.9 Å². The average molecular weight is 602 g/mol. The summed E-state index contributed by atoms with van der Waals surface area (Å²) < 4.78 is 35.1. The van der Waals surface area contributed by atoms with Crippen LogP contribution in [-0.4, -0.2) is 74.5 Å². The van der Waals surface area contributed by atoms with E-state index in [1.165, 1.54) is 6.07 Å². The van der Waals surface area contributed by atoms with Crippen molar-refractivity contribution in [1.82, 2.24) is 14.6 Å². The third-order valence-corrected chi connectivity index (χ3v) is 10.3. The van der Waals surface area contributed by atoms with Gasteiger partial charge in [0.05, 0.1) is 5.69 Å². The van der Waals surface area contributed by atoms with E-state index in [9.17, 15) is 18.0 Å². The number of nitrogens with one attached hydrogen (secondary N) is 1. The van der Waals surface area contributed by atoms with Gasteiger partial charge in [0.25, 0.3) is 15.9 Å². The van der Waals surface area contributed by atoms with Crippen molar-refractivity contribution in [3.8, 4) is 5.75 Å². The summed E-state index contributed by atoms with van der Waals surface area (Å²) in [4.78, 5) is 35.9. The number of amides is 2. The molecule has 4 aliphatic rings. The number of carbonyl (C=O) groups excluding carboxylic acids is 2. The molecule has 1 saturated carbocycles. The molecule has 4 heterocycles. The van der Waals surface area contributed by atoms with Gasteiger partial charge >= 0.3 is 0 Å². The number of pyridine rings is 1. The smallest absolute Gasteiger partial charge is 0.281 e. The van der Waals surface area contributed by atoms with Crippen LogP contribution in [0.5, 0.6) is 5.75 Å². The predicted octanol–water partition coefficient (Wildman–Crippen LogP) is 3.59. The number of halogens is 1. The highest BCUT2D eigenvalue weighted by molar-refractivity contribution is 7.90. The summed E-state index contributed by atoms with van der Waals surface area (Å²) in [5.74, 6) is 0.438. The monoisotopic (exact) mass is 601 g/mol. The quantitative estimate of drug-likeness (QED) is 0.512. The Bertz CT molecular complexity index is 1470. The van der Waals surface area contributed by atoms with E-state index in [0.717, 1.165) is 38.0 Å². The molecule has 220 valence electrons. The van der Waals surface area contributed by atoms with Crippen molar-refractivity contribution in [2.45, 2.75) is 69.0 Å². The Labute approximate surface area is 246 Å². The van der Waals surface area contributed by atoms with Gasteiger partial charge in [0, 0.05) is 69.1 Å². The number of rotatable bonds is 7. The van der Waals surface area contributed by atoms with Gasteiger partial charge in [-0.3, -0.25) is 9.59 Å². The van der Waals surface area contributed by atoms with Crippen molar-refractivity contribution >= 4 is 44.9 Å². The molecule has 1 aromatic heterocycles. The van der Waals surface area contributed by atoms with Crippen LogP contribution in [0, 0.1) is 5.41 Å². The first-order valence-corrected chi connectivity index (χ1v) is 16.1. The zero-order valence-corrected chi connectivity index (χ0v) is 25.0. The highest BCUT2D eigenvalue weighted by atomic mass is 35.5. The molecule has 0 bridgehead atoms. The van der Waals surface area contributed by atoms with Gasteiger partial charge in [-0.1, -0.05) is 31.5 Å². The van der Waals surface area contributed by atoms with Gasteiger partial charge in [0.1, 0.15) is 11.6 Å². The molecule has 2 aromatic rings. The van der Waals surface area contributed by atoms with Gasteiger partial charge < -0.3 is 19.4 Å². The number of nitrogens with zero attached hydrogens (tertiary/aromatic N) is 4. The number of piperazine rings is 1. The fraction of sp³-hybridized carbons (Fsp3) is 0.552. The molecule has 1 N–H and O–H groups in total. The minimum atomic E-state index is -4.25. The van der Waals surface area contributed by atoms with Crippen molar-refractivity contribution in [3.05, 3.63) is 41.4 Å². The van der Waals surface area contributed by atoms with Crippen LogP contribution in [0.4, 0.5) is 11.5 Å². The molecule has 1 aromatic carbocycles. The van der Waals surface area contributed by atoms with Crippen molar-refractivity contribution in [1.29, 1.82) is 0 Å². The van der Waals surface area contributed by atoms with E-state index >= 15 is 0 Å². The average Bonchev–Trinajstić information content (AvgIpc) is 3.63. The summed E-state index contributed by atoms with van der Waals surface area (Å²) in [5, 5.41) is 0.247. The number of fused-ring (bicyclic) bond motifs is 1. The van der Waals surface area contributed by atoms with Gasteiger partial charge in [-0.15, -0.1) is 0 Å². The molecule has 4 fully saturated rings. The van der Waals surface area contributed by atoms with Gasteiger partial charge in [-0.2, -0.15) is 8.42 Å². The molecule has 1 aliphatic carbocycles. The number of hydrogen-bond donors (Lipinski definition) is 1. The molecule has 1 unspecified atom stereocenters. The van der Waals surface area contributed by atoms with Crippen molar-refractivity contribution in [2.75, 3.05) is 42.5 Å². The highest BCUT2D eigenvalue weighted by Crippen LogP contribution is 2.45. The lowest BCUT2D eigenvalue weighted by molar-refractivity contribution is -0.129. The third kappa shape index (κ3) is 5.70. The topological polar surface area (TPSA) is 112 Å². The van der Waals surface area contributed by atoms with E-state index in [1.807, 2.05) is 15.9 Å². The van der Waals surface area contributed by atoms with E-state index in [4.69, 9.17) is 16.3 Å². The van der Waals surface area contributed by atoms with Crippen molar-refractivity contribution in [3.63, 3.8) is 0 Å². The summed E-state index contributed by atoms with van der Waals surface area (Å²) in [6, 6.07) is 10.3. The van der Waals surface area contributed by atoms with Crippen LogP contribution in [0.25, 0.3) is 0 Å². The number of hydrogen-bond acceptors (Lipinski definition) is 8. The van der Waals surface area contributed by atoms with E-state index in [1.54, 1.807) is 24.3 Å². The minimum Gasteiger partial charge on any atom is -0.475 e.